The van der Waals surface area contributed by atoms with Crippen LogP contribution in [0.4, 0.5) is 5.82 Å². The fourth-order valence-electron chi connectivity index (χ4n) is 2.57. The molecule has 1 amide bonds. The molecule has 0 atom stereocenters. The van der Waals surface area contributed by atoms with Gasteiger partial charge in [-0.25, -0.2) is 8.42 Å². The maximum absolute atomic E-state index is 12.5. The number of amides is 1. The molecule has 25 heavy (non-hydrogen) atoms. The lowest BCUT2D eigenvalue weighted by molar-refractivity contribution is 0.102. The number of nitrogens with zero attached hydrogens (tertiary/aromatic N) is 2. The molecule has 134 valence electrons. The van der Waals surface area contributed by atoms with E-state index in [2.05, 4.69) is 15.5 Å². The summed E-state index contributed by atoms with van der Waals surface area (Å²) in [6.07, 6.45) is 1.15. The first-order chi connectivity index (χ1) is 11.8. The molecule has 0 radical (unpaired) electrons. The molecule has 0 saturated carbocycles. The number of nitrogens with one attached hydrogen (secondary N) is 2. The van der Waals surface area contributed by atoms with Gasteiger partial charge in [0.05, 0.1) is 32.7 Å². The van der Waals surface area contributed by atoms with E-state index in [9.17, 15) is 13.2 Å². The van der Waals surface area contributed by atoms with E-state index >= 15 is 0 Å². The maximum Gasteiger partial charge on any atom is 0.257 e. The summed E-state index contributed by atoms with van der Waals surface area (Å²) in [5.74, 6) is 0.886. The Bertz CT molecular complexity index is 900. The van der Waals surface area contributed by atoms with Gasteiger partial charge < -0.3 is 14.8 Å². The number of ether oxygens (including phenoxy) is 2. The van der Waals surface area contributed by atoms with E-state index in [4.69, 9.17) is 9.47 Å². The van der Waals surface area contributed by atoms with E-state index < -0.39 is 15.9 Å². The van der Waals surface area contributed by atoms with Crippen LogP contribution in [-0.4, -0.2) is 49.3 Å². The Hall–Kier alpha value is -2.59. The van der Waals surface area contributed by atoms with Gasteiger partial charge in [0.2, 0.25) is 10.0 Å². The molecule has 3 rings (SSSR count). The normalized spacial score (nSPS) is 14.2. The van der Waals surface area contributed by atoms with Crippen molar-refractivity contribution in [2.75, 3.05) is 25.8 Å². The van der Waals surface area contributed by atoms with Crippen LogP contribution in [0.5, 0.6) is 11.5 Å². The molecule has 1 aliphatic heterocycles. The number of hydrogen-bond donors (Lipinski definition) is 2. The van der Waals surface area contributed by atoms with Crippen LogP contribution in [0.1, 0.15) is 21.6 Å². The van der Waals surface area contributed by atoms with Gasteiger partial charge in [0.25, 0.3) is 5.91 Å². The molecule has 1 aromatic carbocycles. The highest BCUT2D eigenvalue weighted by Crippen LogP contribution is 2.29. The third-order valence-electron chi connectivity index (χ3n) is 3.94. The van der Waals surface area contributed by atoms with Crippen molar-refractivity contribution in [1.82, 2.24) is 14.5 Å². The fraction of sp³-hybridized carbons (Fsp3) is 0.333. The number of aromatic nitrogens is 2. The predicted molar refractivity (Wildman–Crippen MR) is 90.2 cm³/mol. The summed E-state index contributed by atoms with van der Waals surface area (Å²) in [5.41, 5.74) is 1.67. The van der Waals surface area contributed by atoms with Crippen molar-refractivity contribution in [2.45, 2.75) is 13.1 Å². The Morgan fingerprint density at radius 2 is 1.84 bits per heavy atom. The third-order valence-corrected chi connectivity index (χ3v) is 5.13. The lowest BCUT2D eigenvalue weighted by Gasteiger charge is -2.12. The van der Waals surface area contributed by atoms with Crippen LogP contribution in [0.15, 0.2) is 18.2 Å². The number of rotatable bonds is 5. The zero-order chi connectivity index (χ0) is 18.2. The smallest absolute Gasteiger partial charge is 0.257 e. The van der Waals surface area contributed by atoms with Crippen LogP contribution in [0.3, 0.4) is 0 Å². The van der Waals surface area contributed by atoms with Crippen LogP contribution in [0.2, 0.25) is 0 Å². The largest absolute Gasteiger partial charge is 0.497 e. The highest BCUT2D eigenvalue weighted by atomic mass is 32.2. The topological polar surface area (TPSA) is 114 Å². The second-order valence-electron chi connectivity index (χ2n) is 5.62. The quantitative estimate of drug-likeness (QED) is 0.815. The molecule has 1 aliphatic rings. The van der Waals surface area contributed by atoms with E-state index in [0.29, 0.717) is 34.1 Å². The Morgan fingerprint density at radius 1 is 1.20 bits per heavy atom. The summed E-state index contributed by atoms with van der Waals surface area (Å²) in [7, 11) is -0.322. The average molecular weight is 366 g/mol. The standard InChI is InChI=1S/C15H18N4O5S/c1-23-10-4-9(5-11(6-10)24-2)15(20)16-14-12-7-19(25(3,21)22)8-13(12)17-18-14/h4-6H,7-8H2,1-3H3,(H2,16,17,18,20). The Balaban J connectivity index is 1.82. The predicted octanol–water partition coefficient (Wildman–Crippen LogP) is 0.954. The van der Waals surface area contributed by atoms with Gasteiger partial charge in [-0.15, -0.1) is 0 Å². The number of sulfonamides is 1. The van der Waals surface area contributed by atoms with Gasteiger partial charge >= 0.3 is 0 Å². The molecule has 2 heterocycles. The van der Waals surface area contributed by atoms with Gasteiger partial charge in [-0.1, -0.05) is 0 Å². The number of H-pyrrole nitrogens is 1. The molecule has 0 aliphatic carbocycles. The van der Waals surface area contributed by atoms with E-state index in [0.717, 1.165) is 6.26 Å². The number of carbonyl (C=O) groups is 1. The number of benzene rings is 1. The van der Waals surface area contributed by atoms with Crippen molar-refractivity contribution in [3.63, 3.8) is 0 Å². The molecule has 0 unspecified atom stereocenters. The molecule has 0 bridgehead atoms. The summed E-state index contributed by atoms with van der Waals surface area (Å²) >= 11 is 0. The Labute approximate surface area is 145 Å². The van der Waals surface area contributed by atoms with Crippen molar-refractivity contribution >= 4 is 21.7 Å². The molecule has 9 nitrogen and oxygen atoms in total. The third kappa shape index (κ3) is 3.44. The molecule has 2 aromatic rings. The Morgan fingerprint density at radius 3 is 2.40 bits per heavy atom. The number of hydrogen-bond acceptors (Lipinski definition) is 6. The molecule has 0 saturated heterocycles. The van der Waals surface area contributed by atoms with E-state index in [1.54, 1.807) is 18.2 Å². The van der Waals surface area contributed by atoms with Gasteiger partial charge in [0, 0.05) is 23.7 Å². The van der Waals surface area contributed by atoms with Crippen molar-refractivity contribution in [1.29, 1.82) is 0 Å². The zero-order valence-electron chi connectivity index (χ0n) is 14.0. The first-order valence-electron chi connectivity index (χ1n) is 7.37. The number of anilines is 1. The summed E-state index contributed by atoms with van der Waals surface area (Å²) < 4.78 is 35.0. The molecule has 0 spiro atoms. The van der Waals surface area contributed by atoms with Crippen molar-refractivity contribution in [3.8, 4) is 11.5 Å². The molecule has 2 N–H and O–H groups in total. The van der Waals surface area contributed by atoms with Crippen LogP contribution in [0, 0.1) is 0 Å². The van der Waals surface area contributed by atoms with Crippen LogP contribution >= 0.6 is 0 Å². The second kappa shape index (κ2) is 6.37. The van der Waals surface area contributed by atoms with Crippen molar-refractivity contribution < 1.29 is 22.7 Å². The van der Waals surface area contributed by atoms with E-state index in [1.807, 2.05) is 0 Å². The van der Waals surface area contributed by atoms with Gasteiger partial charge in [-0.05, 0) is 12.1 Å². The van der Waals surface area contributed by atoms with Gasteiger partial charge in [0.15, 0.2) is 5.82 Å². The fourth-order valence-corrected chi connectivity index (χ4v) is 3.29. The highest BCUT2D eigenvalue weighted by molar-refractivity contribution is 7.88. The summed E-state index contributed by atoms with van der Waals surface area (Å²) in [5, 5.41) is 9.53. The molecule has 10 heteroatoms. The molecular weight excluding hydrogens is 348 g/mol. The molecule has 1 aromatic heterocycles. The summed E-state index contributed by atoms with van der Waals surface area (Å²) in [4.78, 5) is 12.5. The van der Waals surface area contributed by atoms with Crippen LogP contribution in [-0.2, 0) is 23.1 Å². The Kier molecular flexibility index (Phi) is 4.39. The lowest BCUT2D eigenvalue weighted by Crippen LogP contribution is -2.24. The van der Waals surface area contributed by atoms with Crippen molar-refractivity contribution in [3.05, 3.63) is 35.0 Å². The lowest BCUT2D eigenvalue weighted by atomic mass is 10.2. The number of carbonyl (C=O) groups excluding carboxylic acids is 1. The number of aromatic amines is 1. The van der Waals surface area contributed by atoms with Crippen LogP contribution < -0.4 is 14.8 Å². The number of fused-ring (bicyclic) bond motifs is 1. The minimum atomic E-state index is -3.32. The summed E-state index contributed by atoms with van der Waals surface area (Å²) in [6, 6.07) is 4.81. The van der Waals surface area contributed by atoms with Gasteiger partial charge in [0.1, 0.15) is 11.5 Å². The van der Waals surface area contributed by atoms with Gasteiger partial charge in [-0.3, -0.25) is 9.89 Å². The first kappa shape index (κ1) is 17.2. The first-order valence-corrected chi connectivity index (χ1v) is 9.22. The van der Waals surface area contributed by atoms with E-state index in [1.165, 1.54) is 18.5 Å². The highest BCUT2D eigenvalue weighted by Gasteiger charge is 2.30. The van der Waals surface area contributed by atoms with Gasteiger partial charge in [-0.2, -0.15) is 9.40 Å². The molecular formula is C15H18N4O5S. The minimum absolute atomic E-state index is 0.168. The van der Waals surface area contributed by atoms with Crippen LogP contribution in [0.25, 0.3) is 0 Å². The SMILES string of the molecule is COc1cc(OC)cc(C(=O)Nc2n[nH]c3c2CN(S(C)(=O)=O)C3)c1. The average Bonchev–Trinajstić information content (AvgIpc) is 3.16. The van der Waals surface area contributed by atoms with E-state index in [-0.39, 0.29) is 13.1 Å². The summed E-state index contributed by atoms with van der Waals surface area (Å²) in [6.45, 7) is 0.381. The molecule has 0 fully saturated rings. The monoisotopic (exact) mass is 366 g/mol. The zero-order valence-corrected chi connectivity index (χ0v) is 14.8. The van der Waals surface area contributed by atoms with Crippen molar-refractivity contribution in [2.24, 2.45) is 0 Å². The minimum Gasteiger partial charge on any atom is -0.497 e. The second-order valence-corrected chi connectivity index (χ2v) is 7.60. The maximum atomic E-state index is 12.5. The number of methoxy groups -OCH3 is 2.